The van der Waals surface area contributed by atoms with Gasteiger partial charge in [0, 0.05) is 20.6 Å². The molecule has 2 N–H and O–H groups in total. The van der Waals surface area contributed by atoms with Gasteiger partial charge in [-0.2, -0.15) is 4.37 Å². The minimum atomic E-state index is 0.0145. The van der Waals surface area contributed by atoms with Gasteiger partial charge in [-0.1, -0.05) is 0 Å². The summed E-state index contributed by atoms with van der Waals surface area (Å²) in [5, 5.41) is 0.809. The van der Waals surface area contributed by atoms with Crippen molar-refractivity contribution >= 4 is 28.3 Å². The number of hydrogen-bond acceptors (Lipinski definition) is 6. The van der Waals surface area contributed by atoms with E-state index in [1.165, 1.54) is 11.5 Å². The lowest BCUT2D eigenvalue weighted by Crippen LogP contribution is -2.36. The Morgan fingerprint density at radius 2 is 2.11 bits per heavy atom. The van der Waals surface area contributed by atoms with Crippen LogP contribution in [0.5, 0.6) is 5.75 Å². The first-order chi connectivity index (χ1) is 8.86. The molecule has 1 amide bonds. The first kappa shape index (κ1) is 15.6. The Morgan fingerprint density at radius 1 is 1.47 bits per heavy atom. The molecule has 0 unspecified atom stereocenters. The number of ether oxygens (including phenoxy) is 1. The zero-order valence-corrected chi connectivity index (χ0v) is 13.0. The van der Waals surface area contributed by atoms with Crippen LogP contribution < -0.4 is 15.4 Å². The molecule has 7 heteroatoms. The van der Waals surface area contributed by atoms with Gasteiger partial charge in [0.1, 0.15) is 0 Å². The molecule has 1 aromatic heterocycles. The third-order valence-corrected chi connectivity index (χ3v) is 3.41. The van der Waals surface area contributed by atoms with Crippen LogP contribution in [-0.2, 0) is 4.79 Å². The van der Waals surface area contributed by atoms with Gasteiger partial charge in [-0.3, -0.25) is 4.79 Å². The van der Waals surface area contributed by atoms with Crippen LogP contribution in [-0.4, -0.2) is 48.5 Å². The van der Waals surface area contributed by atoms with Crippen LogP contribution >= 0.6 is 11.5 Å². The highest BCUT2D eigenvalue weighted by Crippen LogP contribution is 2.38. The highest BCUT2D eigenvalue weighted by Gasteiger charge is 2.21. The van der Waals surface area contributed by atoms with E-state index in [0.29, 0.717) is 24.7 Å². The van der Waals surface area contributed by atoms with Crippen LogP contribution in [0, 0.1) is 0 Å². The molecule has 1 rings (SSSR count). The average Bonchev–Trinajstić information content (AvgIpc) is 2.67. The van der Waals surface area contributed by atoms with Crippen molar-refractivity contribution in [3.05, 3.63) is 0 Å². The smallest absolute Gasteiger partial charge is 0.241 e. The molecule has 1 heterocycles. The summed E-state index contributed by atoms with van der Waals surface area (Å²) >= 11 is 1.26. The van der Waals surface area contributed by atoms with E-state index in [9.17, 15) is 4.79 Å². The lowest BCUT2D eigenvalue weighted by atomic mass is 10.4. The van der Waals surface area contributed by atoms with Crippen molar-refractivity contribution in [3.8, 4) is 5.75 Å². The van der Waals surface area contributed by atoms with Gasteiger partial charge < -0.3 is 20.3 Å². The van der Waals surface area contributed by atoms with Crippen molar-refractivity contribution in [2.45, 2.75) is 26.9 Å². The van der Waals surface area contributed by atoms with Crippen molar-refractivity contribution in [2.75, 3.05) is 37.8 Å². The summed E-state index contributed by atoms with van der Waals surface area (Å²) in [6.07, 6.45) is 0.0145. The third-order valence-electron chi connectivity index (χ3n) is 2.50. The van der Waals surface area contributed by atoms with Gasteiger partial charge >= 0.3 is 0 Å². The Hall–Kier alpha value is -1.50. The summed E-state index contributed by atoms with van der Waals surface area (Å²) in [6.45, 7) is 6.83. The first-order valence-electron chi connectivity index (χ1n) is 6.23. The predicted octanol–water partition coefficient (Wildman–Crippen LogP) is 1.43. The van der Waals surface area contributed by atoms with Crippen molar-refractivity contribution in [1.29, 1.82) is 0 Å². The van der Waals surface area contributed by atoms with E-state index in [1.807, 2.05) is 25.7 Å². The zero-order valence-electron chi connectivity index (χ0n) is 12.1. The molecule has 0 saturated heterocycles. The summed E-state index contributed by atoms with van der Waals surface area (Å²) in [5.74, 6) is 0.988. The van der Waals surface area contributed by atoms with Gasteiger partial charge in [-0.05, 0) is 32.3 Å². The van der Waals surface area contributed by atoms with E-state index in [4.69, 9.17) is 10.5 Å². The number of nitrogen functional groups attached to an aromatic ring is 1. The molecule has 0 bridgehead atoms. The molecule has 0 saturated carbocycles. The van der Waals surface area contributed by atoms with Crippen molar-refractivity contribution in [1.82, 2.24) is 9.27 Å². The number of likely N-dealkylation sites (N-methyl/N-ethyl adjacent to an activating group) is 2. The molecule has 0 radical (unpaired) electrons. The van der Waals surface area contributed by atoms with E-state index in [0.717, 1.165) is 5.00 Å². The second-order valence-corrected chi connectivity index (χ2v) is 5.42. The Kier molecular flexibility index (Phi) is 5.41. The monoisotopic (exact) mass is 286 g/mol. The first-order valence-corrected chi connectivity index (χ1v) is 7.01. The minimum Gasteiger partial charge on any atom is -0.484 e. The number of anilines is 2. The molecular formula is C12H22N4O2S. The highest BCUT2D eigenvalue weighted by molar-refractivity contribution is 7.11. The van der Waals surface area contributed by atoms with Crippen molar-refractivity contribution < 1.29 is 9.53 Å². The molecule has 1 aromatic rings. The van der Waals surface area contributed by atoms with Crippen LogP contribution in [0.15, 0.2) is 0 Å². The largest absolute Gasteiger partial charge is 0.484 e. The second-order valence-electron chi connectivity index (χ2n) is 4.67. The standard InChI is InChI=1S/C12H22N4O2S/c1-6-16(7-9(17)15(4)5)12-10(18-8(2)3)11(13)14-19-12/h8H,6-7H2,1-5H3,(H2,13,14). The number of amides is 1. The second kappa shape index (κ2) is 6.60. The quantitative estimate of drug-likeness (QED) is 0.856. The van der Waals surface area contributed by atoms with E-state index in [-0.39, 0.29) is 12.0 Å². The normalized spacial score (nSPS) is 10.6. The summed E-state index contributed by atoms with van der Waals surface area (Å²) in [7, 11) is 3.48. The van der Waals surface area contributed by atoms with E-state index < -0.39 is 0 Å². The van der Waals surface area contributed by atoms with Gasteiger partial charge in [0.15, 0.2) is 16.6 Å². The Bertz CT molecular complexity index is 431. The van der Waals surface area contributed by atoms with Crippen LogP contribution in [0.4, 0.5) is 10.8 Å². The topological polar surface area (TPSA) is 71.7 Å². The Balaban J connectivity index is 2.95. The number of rotatable bonds is 6. The van der Waals surface area contributed by atoms with E-state index in [1.54, 1.807) is 19.0 Å². The summed E-state index contributed by atoms with van der Waals surface area (Å²) in [6, 6.07) is 0. The molecule has 0 fully saturated rings. The lowest BCUT2D eigenvalue weighted by Gasteiger charge is -2.23. The fourth-order valence-corrected chi connectivity index (χ4v) is 2.28. The highest BCUT2D eigenvalue weighted by atomic mass is 32.1. The fourth-order valence-electron chi connectivity index (χ4n) is 1.46. The van der Waals surface area contributed by atoms with Crippen LogP contribution in [0.25, 0.3) is 0 Å². The Labute approximate surface area is 118 Å². The van der Waals surface area contributed by atoms with Gasteiger partial charge in [0.05, 0.1) is 12.6 Å². The molecule has 0 aliphatic heterocycles. The van der Waals surface area contributed by atoms with Crippen molar-refractivity contribution in [3.63, 3.8) is 0 Å². The lowest BCUT2D eigenvalue weighted by molar-refractivity contribution is -0.127. The fraction of sp³-hybridized carbons (Fsp3) is 0.667. The number of nitrogens with two attached hydrogens (primary N) is 1. The number of hydrogen-bond donors (Lipinski definition) is 1. The third kappa shape index (κ3) is 3.99. The van der Waals surface area contributed by atoms with Gasteiger partial charge in [-0.25, -0.2) is 0 Å². The minimum absolute atomic E-state index is 0.0145. The molecule has 0 spiro atoms. The van der Waals surface area contributed by atoms with Crippen molar-refractivity contribution in [2.24, 2.45) is 0 Å². The van der Waals surface area contributed by atoms with Crippen LogP contribution in [0.3, 0.4) is 0 Å². The molecule has 108 valence electrons. The average molecular weight is 286 g/mol. The van der Waals surface area contributed by atoms with Crippen LogP contribution in [0.1, 0.15) is 20.8 Å². The number of carbonyl (C=O) groups is 1. The Morgan fingerprint density at radius 3 is 2.58 bits per heavy atom. The van der Waals surface area contributed by atoms with Gasteiger partial charge in [0.2, 0.25) is 5.91 Å². The maximum absolute atomic E-state index is 11.8. The molecule has 19 heavy (non-hydrogen) atoms. The summed E-state index contributed by atoms with van der Waals surface area (Å²) in [4.78, 5) is 15.3. The van der Waals surface area contributed by atoms with Gasteiger partial charge in [0.25, 0.3) is 0 Å². The SMILES string of the molecule is CCN(CC(=O)N(C)C)c1snc(N)c1OC(C)C. The molecule has 0 atom stereocenters. The zero-order chi connectivity index (χ0) is 14.6. The number of aromatic nitrogens is 1. The molecule has 6 nitrogen and oxygen atoms in total. The maximum atomic E-state index is 11.8. The maximum Gasteiger partial charge on any atom is 0.241 e. The summed E-state index contributed by atoms with van der Waals surface area (Å²) in [5.41, 5.74) is 5.83. The van der Waals surface area contributed by atoms with Gasteiger partial charge in [-0.15, -0.1) is 0 Å². The molecule has 0 aliphatic carbocycles. The summed E-state index contributed by atoms with van der Waals surface area (Å²) < 4.78 is 9.82. The van der Waals surface area contributed by atoms with E-state index >= 15 is 0 Å². The molecule has 0 aromatic carbocycles. The molecule has 0 aliphatic rings. The number of carbonyl (C=O) groups excluding carboxylic acids is 1. The van der Waals surface area contributed by atoms with E-state index in [2.05, 4.69) is 4.37 Å². The molecular weight excluding hydrogens is 264 g/mol. The number of nitrogens with zero attached hydrogens (tertiary/aromatic N) is 3. The van der Waals surface area contributed by atoms with Crippen LogP contribution in [0.2, 0.25) is 0 Å². The predicted molar refractivity (Wildman–Crippen MR) is 78.9 cm³/mol.